The van der Waals surface area contributed by atoms with Crippen molar-refractivity contribution < 1.29 is 23.9 Å². The van der Waals surface area contributed by atoms with Crippen molar-refractivity contribution in [3.63, 3.8) is 0 Å². The topological polar surface area (TPSA) is 99.9 Å². The Kier molecular flexibility index (Phi) is 6.55. The largest absolute Gasteiger partial charge is 0.497 e. The van der Waals surface area contributed by atoms with Crippen LogP contribution in [0.1, 0.15) is 12.8 Å². The Morgan fingerprint density at radius 1 is 1.42 bits per heavy atom. The molecule has 138 valence electrons. The summed E-state index contributed by atoms with van der Waals surface area (Å²) in [5, 5.41) is 8.52. The summed E-state index contributed by atoms with van der Waals surface area (Å²) in [7, 11) is 3.08. The molecule has 1 aromatic carbocycles. The summed E-state index contributed by atoms with van der Waals surface area (Å²) in [5.41, 5.74) is 0.650. The molecule has 0 aliphatic carbocycles. The lowest BCUT2D eigenvalue weighted by molar-refractivity contribution is -0.154. The Hall–Kier alpha value is -3.08. The van der Waals surface area contributed by atoms with Gasteiger partial charge in [-0.15, -0.1) is 0 Å². The van der Waals surface area contributed by atoms with Crippen molar-refractivity contribution in [3.05, 3.63) is 24.3 Å². The van der Waals surface area contributed by atoms with Crippen LogP contribution in [0.4, 0.5) is 5.69 Å². The summed E-state index contributed by atoms with van der Waals surface area (Å²) in [6, 6.07) is 8.96. The Labute approximate surface area is 151 Å². The van der Waals surface area contributed by atoms with E-state index in [0.717, 1.165) is 0 Å². The van der Waals surface area contributed by atoms with Gasteiger partial charge in [0.15, 0.2) is 6.61 Å². The van der Waals surface area contributed by atoms with Gasteiger partial charge in [-0.2, -0.15) is 5.26 Å². The van der Waals surface area contributed by atoms with Gasteiger partial charge in [0.25, 0.3) is 5.91 Å². The number of esters is 1. The number of likely N-dealkylation sites (N-methyl/N-ethyl adjacent to an activating group) is 1. The molecule has 0 bridgehead atoms. The van der Waals surface area contributed by atoms with E-state index in [-0.39, 0.29) is 37.7 Å². The van der Waals surface area contributed by atoms with Crippen LogP contribution >= 0.6 is 0 Å². The van der Waals surface area contributed by atoms with E-state index in [1.807, 2.05) is 6.07 Å². The molecule has 2 rings (SSSR count). The fourth-order valence-electron chi connectivity index (χ4n) is 2.60. The second kappa shape index (κ2) is 8.85. The normalized spacial score (nSPS) is 16.1. The molecule has 0 radical (unpaired) electrons. The molecule has 1 aliphatic rings. The third kappa shape index (κ3) is 4.72. The van der Waals surface area contributed by atoms with Gasteiger partial charge in [0, 0.05) is 38.3 Å². The van der Waals surface area contributed by atoms with Crippen LogP contribution in [0.15, 0.2) is 24.3 Å². The van der Waals surface area contributed by atoms with Crippen molar-refractivity contribution in [1.29, 1.82) is 5.26 Å². The molecule has 0 aromatic heterocycles. The van der Waals surface area contributed by atoms with Crippen molar-refractivity contribution in [1.82, 2.24) is 4.90 Å². The summed E-state index contributed by atoms with van der Waals surface area (Å²) < 4.78 is 10.2. The predicted molar refractivity (Wildman–Crippen MR) is 92.3 cm³/mol. The number of nitrogens with zero attached hydrogens (tertiary/aromatic N) is 3. The number of rotatable bonds is 7. The van der Waals surface area contributed by atoms with Crippen LogP contribution in [0.3, 0.4) is 0 Å². The molecule has 2 amide bonds. The molecule has 1 aliphatic heterocycles. The first-order valence-electron chi connectivity index (χ1n) is 8.18. The highest BCUT2D eigenvalue weighted by atomic mass is 16.5. The SMILES string of the molecule is COc1cccc(N2CC(C(=O)OCC(=O)N(C)CCC#N)CC2=O)c1. The maximum atomic E-state index is 12.2. The molecule has 1 saturated heterocycles. The second-order valence-electron chi connectivity index (χ2n) is 5.94. The quantitative estimate of drug-likeness (QED) is 0.673. The van der Waals surface area contributed by atoms with Gasteiger partial charge in [-0.1, -0.05) is 6.07 Å². The zero-order valence-corrected chi connectivity index (χ0v) is 14.8. The van der Waals surface area contributed by atoms with Crippen LogP contribution in [0.5, 0.6) is 5.75 Å². The minimum absolute atomic E-state index is 0.0362. The molecule has 1 unspecified atom stereocenters. The predicted octanol–water partition coefficient (Wildman–Crippen LogP) is 0.963. The molecule has 0 spiro atoms. The van der Waals surface area contributed by atoms with Gasteiger partial charge in [0.1, 0.15) is 5.75 Å². The van der Waals surface area contributed by atoms with E-state index in [1.165, 1.54) is 24.0 Å². The van der Waals surface area contributed by atoms with E-state index >= 15 is 0 Å². The first kappa shape index (κ1) is 19.2. The van der Waals surface area contributed by atoms with Gasteiger partial charge in [0.2, 0.25) is 5.91 Å². The zero-order valence-electron chi connectivity index (χ0n) is 14.8. The van der Waals surface area contributed by atoms with Gasteiger partial charge in [-0.3, -0.25) is 14.4 Å². The third-order valence-electron chi connectivity index (χ3n) is 4.15. The molecular weight excluding hydrogens is 338 g/mol. The average molecular weight is 359 g/mol. The van der Waals surface area contributed by atoms with Crippen molar-refractivity contribution >= 4 is 23.5 Å². The molecule has 0 N–H and O–H groups in total. The Balaban J connectivity index is 1.90. The van der Waals surface area contributed by atoms with Crippen LogP contribution in [0.25, 0.3) is 0 Å². The van der Waals surface area contributed by atoms with E-state index in [0.29, 0.717) is 11.4 Å². The van der Waals surface area contributed by atoms with Gasteiger partial charge >= 0.3 is 5.97 Å². The molecule has 0 saturated carbocycles. The molecule has 8 nitrogen and oxygen atoms in total. The summed E-state index contributed by atoms with van der Waals surface area (Å²) in [5.74, 6) is -1.15. The van der Waals surface area contributed by atoms with Crippen LogP contribution in [-0.2, 0) is 19.1 Å². The first-order valence-corrected chi connectivity index (χ1v) is 8.18. The van der Waals surface area contributed by atoms with Gasteiger partial charge < -0.3 is 19.3 Å². The lowest BCUT2D eigenvalue weighted by Gasteiger charge is -2.18. The first-order chi connectivity index (χ1) is 12.5. The van der Waals surface area contributed by atoms with E-state index in [2.05, 4.69) is 0 Å². The van der Waals surface area contributed by atoms with Crippen LogP contribution < -0.4 is 9.64 Å². The Bertz CT molecular complexity index is 728. The molecule has 1 aromatic rings. The van der Waals surface area contributed by atoms with E-state index in [4.69, 9.17) is 14.7 Å². The molecule has 1 atom stereocenters. The third-order valence-corrected chi connectivity index (χ3v) is 4.15. The fourth-order valence-corrected chi connectivity index (χ4v) is 2.60. The van der Waals surface area contributed by atoms with Crippen LogP contribution in [0, 0.1) is 17.2 Å². The number of benzene rings is 1. The summed E-state index contributed by atoms with van der Waals surface area (Å²) in [6.45, 7) is 0.0757. The number of hydrogen-bond acceptors (Lipinski definition) is 6. The molecule has 1 heterocycles. The molecule has 8 heteroatoms. The summed E-state index contributed by atoms with van der Waals surface area (Å²) in [6.07, 6.45) is 0.247. The highest BCUT2D eigenvalue weighted by molar-refractivity contribution is 5.99. The number of methoxy groups -OCH3 is 1. The van der Waals surface area contributed by atoms with E-state index in [9.17, 15) is 14.4 Å². The van der Waals surface area contributed by atoms with Crippen molar-refractivity contribution in [2.75, 3.05) is 38.8 Å². The number of nitriles is 1. The second-order valence-corrected chi connectivity index (χ2v) is 5.94. The maximum absolute atomic E-state index is 12.2. The maximum Gasteiger partial charge on any atom is 0.311 e. The van der Waals surface area contributed by atoms with Gasteiger partial charge in [0.05, 0.1) is 25.5 Å². The fraction of sp³-hybridized carbons (Fsp3) is 0.444. The van der Waals surface area contributed by atoms with E-state index < -0.39 is 18.5 Å². The van der Waals surface area contributed by atoms with Crippen molar-refractivity contribution in [2.24, 2.45) is 5.92 Å². The van der Waals surface area contributed by atoms with Crippen LogP contribution in [0.2, 0.25) is 0 Å². The standard InChI is InChI=1S/C18H21N3O5/c1-20(8-4-7-19)17(23)12-26-18(24)13-9-16(22)21(11-13)14-5-3-6-15(10-14)25-2/h3,5-6,10,13H,4,8-9,11-12H2,1-2H3. The van der Waals surface area contributed by atoms with Crippen molar-refractivity contribution in [2.45, 2.75) is 12.8 Å². The number of carbonyl (C=O) groups is 3. The number of ether oxygens (including phenoxy) is 2. The summed E-state index contributed by atoms with van der Waals surface area (Å²) in [4.78, 5) is 39.1. The van der Waals surface area contributed by atoms with Crippen molar-refractivity contribution in [3.8, 4) is 11.8 Å². The van der Waals surface area contributed by atoms with Gasteiger partial charge in [-0.05, 0) is 12.1 Å². The zero-order chi connectivity index (χ0) is 19.1. The number of anilines is 1. The molecular formula is C18H21N3O5. The lowest BCUT2D eigenvalue weighted by atomic mass is 10.1. The summed E-state index contributed by atoms with van der Waals surface area (Å²) >= 11 is 0. The Morgan fingerprint density at radius 2 is 2.19 bits per heavy atom. The minimum Gasteiger partial charge on any atom is -0.497 e. The minimum atomic E-state index is -0.620. The lowest BCUT2D eigenvalue weighted by Crippen LogP contribution is -2.33. The highest BCUT2D eigenvalue weighted by Crippen LogP contribution is 2.28. The smallest absolute Gasteiger partial charge is 0.311 e. The molecule has 1 fully saturated rings. The Morgan fingerprint density at radius 3 is 2.88 bits per heavy atom. The molecule has 26 heavy (non-hydrogen) atoms. The number of hydrogen-bond donors (Lipinski definition) is 0. The number of amides is 2. The van der Waals surface area contributed by atoms with Gasteiger partial charge in [-0.25, -0.2) is 0 Å². The van der Waals surface area contributed by atoms with Crippen LogP contribution in [-0.4, -0.2) is 56.5 Å². The highest BCUT2D eigenvalue weighted by Gasteiger charge is 2.36. The van der Waals surface area contributed by atoms with E-state index in [1.54, 1.807) is 24.3 Å². The monoisotopic (exact) mass is 359 g/mol. The average Bonchev–Trinajstić information content (AvgIpc) is 3.05. The number of carbonyl (C=O) groups excluding carboxylic acids is 3.